The first kappa shape index (κ1) is 31.1. The molecule has 1 saturated carbocycles. The molecule has 0 saturated heterocycles. The second-order valence-corrected chi connectivity index (χ2v) is 11.0. The molecule has 4 nitrogen and oxygen atoms in total. The van der Waals surface area contributed by atoms with Crippen molar-refractivity contribution in [3.63, 3.8) is 0 Å². The van der Waals surface area contributed by atoms with E-state index in [1.807, 2.05) is 0 Å². The normalized spacial score (nSPS) is 12.4. The summed E-state index contributed by atoms with van der Waals surface area (Å²) in [5, 5.41) is 8.88. The van der Waals surface area contributed by atoms with Gasteiger partial charge in [-0.15, -0.1) is 0 Å². The first-order valence-electron chi connectivity index (χ1n) is 13.8. The van der Waals surface area contributed by atoms with Crippen molar-refractivity contribution in [3.8, 4) is 22.6 Å². The number of halogens is 3. The van der Waals surface area contributed by atoms with Crippen molar-refractivity contribution in [1.29, 1.82) is 0 Å². The lowest BCUT2D eigenvalue weighted by atomic mass is 9.79. The highest BCUT2D eigenvalue weighted by Gasteiger charge is 2.23. The summed E-state index contributed by atoms with van der Waals surface area (Å²) in [6.07, 6.45) is 6.76. The van der Waals surface area contributed by atoms with Crippen molar-refractivity contribution in [2.24, 2.45) is 5.41 Å². The van der Waals surface area contributed by atoms with E-state index in [1.54, 1.807) is 18.2 Å². The number of carbonyl (C=O) groups is 1. The summed E-state index contributed by atoms with van der Waals surface area (Å²) in [6.45, 7) is 6.07. The minimum absolute atomic E-state index is 0.0180. The van der Waals surface area contributed by atoms with Gasteiger partial charge in [0.15, 0.2) is 11.6 Å². The van der Waals surface area contributed by atoms with E-state index in [0.717, 1.165) is 18.4 Å². The molecule has 0 spiro atoms. The third-order valence-electron chi connectivity index (χ3n) is 6.72. The zero-order valence-electron chi connectivity index (χ0n) is 23.8. The Bertz CT molecular complexity index is 1300. The summed E-state index contributed by atoms with van der Waals surface area (Å²) in [4.78, 5) is 10.8. The van der Waals surface area contributed by atoms with Crippen molar-refractivity contribution in [2.45, 2.75) is 78.7 Å². The number of aryl methyl sites for hydroxylation is 1. The molecule has 40 heavy (non-hydrogen) atoms. The maximum absolute atomic E-state index is 15.3. The lowest BCUT2D eigenvalue weighted by Gasteiger charge is -2.26. The van der Waals surface area contributed by atoms with Gasteiger partial charge in [-0.3, -0.25) is 4.79 Å². The summed E-state index contributed by atoms with van der Waals surface area (Å²) < 4.78 is 55.9. The number of hydrogen-bond acceptors (Lipinski definition) is 3. The number of aliphatic carboxylic acids is 1. The molecule has 0 radical (unpaired) electrons. The fourth-order valence-electron chi connectivity index (χ4n) is 4.55. The van der Waals surface area contributed by atoms with E-state index in [9.17, 15) is 13.6 Å². The van der Waals surface area contributed by atoms with Gasteiger partial charge in [-0.25, -0.2) is 13.2 Å². The van der Waals surface area contributed by atoms with E-state index < -0.39 is 23.4 Å². The zero-order chi connectivity index (χ0) is 29.3. The minimum Gasteiger partial charge on any atom is -0.497 e. The molecule has 0 aliphatic heterocycles. The van der Waals surface area contributed by atoms with Crippen LogP contribution >= 0.6 is 0 Å². The number of methoxy groups -OCH3 is 1. The van der Waals surface area contributed by atoms with E-state index in [-0.39, 0.29) is 47.3 Å². The Kier molecular flexibility index (Phi) is 11.1. The standard InChI is InChI=1S/C30H33F3O4.C3H6/c1-5-13-30(2,3)17-20-14-21(18-37-27-8-6-7-19(29(27)33)9-12-28(34)35)26(32)16-23(20)24-15-22(36-4)10-11-25(24)31;1-2-3-1/h6-8,10-11,14-16H,5,9,12-13,17-18H2,1-4H3,(H,34,35);1-3H2. The van der Waals surface area contributed by atoms with Gasteiger partial charge in [0.2, 0.25) is 0 Å². The molecule has 0 atom stereocenters. The fraction of sp³-hybridized carbons (Fsp3) is 0.424. The van der Waals surface area contributed by atoms with Gasteiger partial charge in [0.05, 0.1) is 7.11 Å². The SMILES string of the molecule is C1CC1.CCCC(C)(C)Cc1cc(COc2cccc(CCC(=O)O)c2F)c(F)cc1-c1cc(OC)ccc1F. The van der Waals surface area contributed by atoms with Gasteiger partial charge in [0.1, 0.15) is 24.0 Å². The van der Waals surface area contributed by atoms with Crippen LogP contribution in [-0.4, -0.2) is 18.2 Å². The number of benzene rings is 3. The molecule has 0 bridgehead atoms. The maximum atomic E-state index is 15.3. The number of rotatable bonds is 12. The number of carboxylic acid groups (broad SMARTS) is 1. The van der Waals surface area contributed by atoms with Crippen molar-refractivity contribution in [3.05, 3.63) is 82.7 Å². The third-order valence-corrected chi connectivity index (χ3v) is 6.72. The quantitative estimate of drug-likeness (QED) is 0.242. The summed E-state index contributed by atoms with van der Waals surface area (Å²) in [6, 6.07) is 11.8. The summed E-state index contributed by atoms with van der Waals surface area (Å²) in [5.74, 6) is -2.41. The maximum Gasteiger partial charge on any atom is 0.303 e. The monoisotopic (exact) mass is 556 g/mol. The topological polar surface area (TPSA) is 55.8 Å². The molecule has 3 aromatic carbocycles. The summed E-state index contributed by atoms with van der Waals surface area (Å²) >= 11 is 0. The Balaban J connectivity index is 0.00000137. The second-order valence-electron chi connectivity index (χ2n) is 11.0. The average Bonchev–Trinajstić information content (AvgIpc) is 3.79. The fourth-order valence-corrected chi connectivity index (χ4v) is 4.55. The van der Waals surface area contributed by atoms with Crippen molar-refractivity contribution in [1.82, 2.24) is 0 Å². The van der Waals surface area contributed by atoms with E-state index >= 15 is 4.39 Å². The molecule has 216 valence electrons. The Morgan fingerprint density at radius 1 is 0.925 bits per heavy atom. The predicted molar refractivity (Wildman–Crippen MR) is 151 cm³/mol. The molecule has 1 fully saturated rings. The van der Waals surface area contributed by atoms with Crippen LogP contribution in [0.5, 0.6) is 11.5 Å². The molecule has 4 rings (SSSR count). The van der Waals surface area contributed by atoms with Gasteiger partial charge in [0.25, 0.3) is 0 Å². The van der Waals surface area contributed by atoms with E-state index in [1.165, 1.54) is 56.7 Å². The molecular weight excluding hydrogens is 517 g/mol. The third kappa shape index (κ3) is 9.04. The Hall–Kier alpha value is -3.48. The second kappa shape index (κ2) is 14.2. The molecule has 0 heterocycles. The van der Waals surface area contributed by atoms with Crippen LogP contribution in [0.25, 0.3) is 11.1 Å². The summed E-state index contributed by atoms with van der Waals surface area (Å²) in [7, 11) is 1.49. The molecule has 3 aromatic rings. The van der Waals surface area contributed by atoms with E-state index in [4.69, 9.17) is 14.6 Å². The highest BCUT2D eigenvalue weighted by Crippen LogP contribution is 2.37. The molecule has 0 amide bonds. The molecule has 1 aliphatic carbocycles. The first-order chi connectivity index (χ1) is 19.0. The molecule has 1 N–H and O–H groups in total. The number of hydrogen-bond donors (Lipinski definition) is 1. The van der Waals surface area contributed by atoms with Gasteiger partial charge in [-0.1, -0.05) is 58.6 Å². The summed E-state index contributed by atoms with van der Waals surface area (Å²) in [5.41, 5.74) is 1.73. The van der Waals surface area contributed by atoms with Gasteiger partial charge >= 0.3 is 5.97 Å². The minimum atomic E-state index is -1.03. The molecule has 1 aliphatic rings. The lowest BCUT2D eigenvalue weighted by Crippen LogP contribution is -2.16. The molecule has 0 aromatic heterocycles. The molecular formula is C33H39F3O4. The van der Waals surface area contributed by atoms with Crippen LogP contribution in [0, 0.1) is 22.9 Å². The van der Waals surface area contributed by atoms with Gasteiger partial charge in [0, 0.05) is 17.5 Å². The molecule has 7 heteroatoms. The van der Waals surface area contributed by atoms with Crippen LogP contribution in [0.15, 0.2) is 48.5 Å². The first-order valence-corrected chi connectivity index (χ1v) is 13.8. The smallest absolute Gasteiger partial charge is 0.303 e. The van der Waals surface area contributed by atoms with Crippen LogP contribution in [-0.2, 0) is 24.2 Å². The van der Waals surface area contributed by atoms with Gasteiger partial charge in [-0.05, 0) is 77.8 Å². The molecule has 0 unspecified atom stereocenters. The Morgan fingerprint density at radius 3 is 2.27 bits per heavy atom. The highest BCUT2D eigenvalue weighted by molar-refractivity contribution is 5.70. The van der Waals surface area contributed by atoms with Crippen LogP contribution in [0.3, 0.4) is 0 Å². The zero-order valence-corrected chi connectivity index (χ0v) is 23.8. The van der Waals surface area contributed by atoms with Crippen molar-refractivity contribution in [2.75, 3.05) is 7.11 Å². The predicted octanol–water partition coefficient (Wildman–Crippen LogP) is 8.91. The van der Waals surface area contributed by atoms with Crippen LogP contribution in [0.2, 0.25) is 0 Å². The van der Waals surface area contributed by atoms with Gasteiger partial charge < -0.3 is 14.6 Å². The Morgan fingerprint density at radius 2 is 1.65 bits per heavy atom. The Labute approximate surface area is 235 Å². The van der Waals surface area contributed by atoms with E-state index in [0.29, 0.717) is 17.7 Å². The van der Waals surface area contributed by atoms with Crippen LogP contribution in [0.4, 0.5) is 13.2 Å². The largest absolute Gasteiger partial charge is 0.497 e. The highest BCUT2D eigenvalue weighted by atomic mass is 19.1. The van der Waals surface area contributed by atoms with Crippen LogP contribution < -0.4 is 9.47 Å². The van der Waals surface area contributed by atoms with Gasteiger partial charge in [-0.2, -0.15) is 0 Å². The number of carboxylic acids is 1. The van der Waals surface area contributed by atoms with Crippen molar-refractivity contribution < 1.29 is 32.5 Å². The lowest BCUT2D eigenvalue weighted by molar-refractivity contribution is -0.136. The van der Waals surface area contributed by atoms with Crippen LogP contribution in [0.1, 0.15) is 76.0 Å². The average molecular weight is 557 g/mol. The van der Waals surface area contributed by atoms with E-state index in [2.05, 4.69) is 20.8 Å². The van der Waals surface area contributed by atoms with Crippen molar-refractivity contribution >= 4 is 5.97 Å². The number of ether oxygens (including phenoxy) is 2.